The van der Waals surface area contributed by atoms with E-state index in [1.54, 1.807) is 39.9 Å². The van der Waals surface area contributed by atoms with Crippen LogP contribution in [0, 0.1) is 0 Å². The van der Waals surface area contributed by atoms with Gasteiger partial charge in [0.2, 0.25) is 10.0 Å². The molecule has 0 unspecified atom stereocenters. The minimum atomic E-state index is -3.55. The molecule has 0 radical (unpaired) electrons. The number of hydrogen-bond acceptors (Lipinski definition) is 5. The molecule has 0 aliphatic carbocycles. The van der Waals surface area contributed by atoms with Gasteiger partial charge < -0.3 is 9.64 Å². The summed E-state index contributed by atoms with van der Waals surface area (Å²) in [6.45, 7) is 4.41. The van der Waals surface area contributed by atoms with Crippen molar-refractivity contribution >= 4 is 21.4 Å². The van der Waals surface area contributed by atoms with Crippen LogP contribution in [0.3, 0.4) is 0 Å². The quantitative estimate of drug-likeness (QED) is 0.581. The van der Waals surface area contributed by atoms with Crippen LogP contribution in [0.15, 0.2) is 46.7 Å². The lowest BCUT2D eigenvalue weighted by molar-refractivity contribution is 0.317. The maximum absolute atomic E-state index is 13.1. The molecule has 5 nitrogen and oxygen atoms in total. The zero-order valence-corrected chi connectivity index (χ0v) is 17.4. The summed E-state index contributed by atoms with van der Waals surface area (Å²) in [5.41, 5.74) is 0. The Hall–Kier alpha value is -1.41. The molecule has 0 amide bonds. The maximum atomic E-state index is 13.1. The summed E-state index contributed by atoms with van der Waals surface area (Å²) in [4.78, 5) is 3.42. The van der Waals surface area contributed by atoms with Crippen LogP contribution in [0.1, 0.15) is 24.6 Å². The van der Waals surface area contributed by atoms with Crippen LogP contribution in [-0.4, -0.2) is 51.4 Å². The van der Waals surface area contributed by atoms with E-state index in [0.717, 1.165) is 24.3 Å². The van der Waals surface area contributed by atoms with E-state index in [0.29, 0.717) is 30.3 Å². The molecule has 26 heavy (non-hydrogen) atoms. The van der Waals surface area contributed by atoms with Crippen molar-refractivity contribution in [2.45, 2.75) is 31.2 Å². The SMILES string of the molecule is CCCOc1ccc(S(=O)(=O)N(CCCN(C)C)Cc2cccs2)cc1. The van der Waals surface area contributed by atoms with Gasteiger partial charge in [0, 0.05) is 18.0 Å². The molecule has 1 aromatic carbocycles. The maximum Gasteiger partial charge on any atom is 0.243 e. The summed E-state index contributed by atoms with van der Waals surface area (Å²) >= 11 is 1.58. The second-order valence-electron chi connectivity index (χ2n) is 6.39. The molecule has 144 valence electrons. The third kappa shape index (κ3) is 6.09. The van der Waals surface area contributed by atoms with E-state index in [4.69, 9.17) is 4.74 Å². The first-order valence-corrected chi connectivity index (χ1v) is 11.2. The first-order valence-electron chi connectivity index (χ1n) is 8.83. The van der Waals surface area contributed by atoms with E-state index in [9.17, 15) is 8.42 Å². The van der Waals surface area contributed by atoms with Gasteiger partial charge in [0.1, 0.15) is 5.75 Å². The van der Waals surface area contributed by atoms with Crippen molar-refractivity contribution in [1.82, 2.24) is 9.21 Å². The van der Waals surface area contributed by atoms with E-state index in [1.807, 2.05) is 38.5 Å². The Morgan fingerprint density at radius 2 is 1.81 bits per heavy atom. The number of hydrogen-bond donors (Lipinski definition) is 0. The highest BCUT2D eigenvalue weighted by atomic mass is 32.2. The zero-order chi connectivity index (χ0) is 19.0. The Labute approximate surface area is 161 Å². The highest BCUT2D eigenvalue weighted by Gasteiger charge is 2.24. The molecule has 0 fully saturated rings. The van der Waals surface area contributed by atoms with Gasteiger partial charge in [-0.25, -0.2) is 8.42 Å². The third-order valence-electron chi connectivity index (χ3n) is 3.86. The molecule has 0 aliphatic heterocycles. The molecule has 0 aliphatic rings. The van der Waals surface area contributed by atoms with Gasteiger partial charge in [0.25, 0.3) is 0 Å². The molecule has 1 aromatic heterocycles. The average molecular weight is 397 g/mol. The van der Waals surface area contributed by atoms with Crippen LogP contribution in [0.4, 0.5) is 0 Å². The van der Waals surface area contributed by atoms with Crippen LogP contribution < -0.4 is 4.74 Å². The molecule has 0 saturated carbocycles. The summed E-state index contributed by atoms with van der Waals surface area (Å²) in [7, 11) is 0.440. The zero-order valence-electron chi connectivity index (χ0n) is 15.7. The lowest BCUT2D eigenvalue weighted by Crippen LogP contribution is -2.32. The molecule has 0 bridgehead atoms. The van der Waals surface area contributed by atoms with E-state index < -0.39 is 10.0 Å². The van der Waals surface area contributed by atoms with E-state index >= 15 is 0 Å². The van der Waals surface area contributed by atoms with Gasteiger partial charge in [-0.1, -0.05) is 13.0 Å². The Balaban J connectivity index is 2.17. The highest BCUT2D eigenvalue weighted by molar-refractivity contribution is 7.89. The second kappa shape index (κ2) is 10.1. The highest BCUT2D eigenvalue weighted by Crippen LogP contribution is 2.23. The van der Waals surface area contributed by atoms with Crippen molar-refractivity contribution in [2.75, 3.05) is 33.8 Å². The van der Waals surface area contributed by atoms with Gasteiger partial charge >= 0.3 is 0 Å². The van der Waals surface area contributed by atoms with Crippen LogP contribution in [0.25, 0.3) is 0 Å². The topological polar surface area (TPSA) is 49.9 Å². The number of rotatable bonds is 11. The number of nitrogens with zero attached hydrogens (tertiary/aromatic N) is 2. The Morgan fingerprint density at radius 1 is 1.08 bits per heavy atom. The van der Waals surface area contributed by atoms with Crippen LogP contribution in [0.5, 0.6) is 5.75 Å². The van der Waals surface area contributed by atoms with E-state index in [-0.39, 0.29) is 0 Å². The predicted molar refractivity (Wildman–Crippen MR) is 107 cm³/mol. The van der Waals surface area contributed by atoms with E-state index in [1.165, 1.54) is 0 Å². The van der Waals surface area contributed by atoms with Crippen LogP contribution in [0.2, 0.25) is 0 Å². The summed E-state index contributed by atoms with van der Waals surface area (Å²) in [5.74, 6) is 0.697. The number of sulfonamides is 1. The molecular formula is C19H28N2O3S2. The van der Waals surface area contributed by atoms with Crippen LogP contribution >= 0.6 is 11.3 Å². The van der Waals surface area contributed by atoms with Gasteiger partial charge in [-0.15, -0.1) is 11.3 Å². The first-order chi connectivity index (χ1) is 12.4. The molecule has 0 N–H and O–H groups in total. The summed E-state index contributed by atoms with van der Waals surface area (Å²) in [5, 5.41) is 1.97. The number of ether oxygens (including phenoxy) is 1. The molecule has 1 heterocycles. The fourth-order valence-electron chi connectivity index (χ4n) is 2.50. The minimum absolute atomic E-state index is 0.308. The number of thiophene rings is 1. The Bertz CT molecular complexity index is 742. The molecule has 7 heteroatoms. The van der Waals surface area contributed by atoms with Crippen molar-refractivity contribution in [3.63, 3.8) is 0 Å². The van der Waals surface area contributed by atoms with Crippen molar-refractivity contribution in [3.05, 3.63) is 46.7 Å². The Kier molecular flexibility index (Phi) is 8.09. The van der Waals surface area contributed by atoms with Gasteiger partial charge in [0.05, 0.1) is 11.5 Å². The Morgan fingerprint density at radius 3 is 2.38 bits per heavy atom. The van der Waals surface area contributed by atoms with Gasteiger partial charge in [-0.3, -0.25) is 0 Å². The summed E-state index contributed by atoms with van der Waals surface area (Å²) < 4.78 is 33.4. The lowest BCUT2D eigenvalue weighted by Gasteiger charge is -2.22. The van der Waals surface area contributed by atoms with Gasteiger partial charge in [-0.2, -0.15) is 4.31 Å². The largest absolute Gasteiger partial charge is 0.494 e. The molecule has 2 aromatic rings. The minimum Gasteiger partial charge on any atom is -0.494 e. The third-order valence-corrected chi connectivity index (χ3v) is 6.58. The monoisotopic (exact) mass is 396 g/mol. The second-order valence-corrected chi connectivity index (χ2v) is 9.36. The average Bonchev–Trinajstić information content (AvgIpc) is 3.12. The molecular weight excluding hydrogens is 368 g/mol. The van der Waals surface area contributed by atoms with Crippen molar-refractivity contribution in [2.24, 2.45) is 0 Å². The fraction of sp³-hybridized carbons (Fsp3) is 0.474. The van der Waals surface area contributed by atoms with Crippen molar-refractivity contribution in [3.8, 4) is 5.75 Å². The standard InChI is InChI=1S/C19H28N2O3S2/c1-4-14-24-17-8-10-19(11-9-17)26(22,23)21(13-6-12-20(2)3)16-18-7-5-15-25-18/h5,7-11,15H,4,6,12-14,16H2,1-3H3. The van der Waals surface area contributed by atoms with Crippen molar-refractivity contribution < 1.29 is 13.2 Å². The molecule has 0 saturated heterocycles. The summed E-state index contributed by atoms with van der Waals surface area (Å²) in [6, 6.07) is 10.6. The van der Waals surface area contributed by atoms with Crippen LogP contribution in [-0.2, 0) is 16.6 Å². The fourth-order valence-corrected chi connectivity index (χ4v) is 4.76. The van der Waals surface area contributed by atoms with Gasteiger partial charge in [-0.05, 0) is 69.2 Å². The smallest absolute Gasteiger partial charge is 0.243 e. The first kappa shape index (κ1) is 20.9. The summed E-state index contributed by atoms with van der Waals surface area (Å²) in [6.07, 6.45) is 1.70. The predicted octanol–water partition coefficient (Wildman–Crippen LogP) is 3.68. The van der Waals surface area contributed by atoms with Crippen molar-refractivity contribution in [1.29, 1.82) is 0 Å². The van der Waals surface area contributed by atoms with E-state index in [2.05, 4.69) is 4.90 Å². The van der Waals surface area contributed by atoms with Gasteiger partial charge in [0.15, 0.2) is 0 Å². The molecule has 0 atom stereocenters. The lowest BCUT2D eigenvalue weighted by atomic mass is 10.3. The molecule has 2 rings (SSSR count). The number of benzene rings is 1. The molecule has 0 spiro atoms. The normalized spacial score (nSPS) is 12.0.